The molecule has 0 amide bonds. The molecule has 2 heteroatoms. The number of rotatable bonds is 3. The molecule has 0 saturated carbocycles. The van der Waals surface area contributed by atoms with Crippen LogP contribution in [0, 0.1) is 0 Å². The van der Waals surface area contributed by atoms with Gasteiger partial charge in [-0.05, 0) is 28.5 Å². The van der Waals surface area contributed by atoms with Crippen LogP contribution in [0.5, 0.6) is 0 Å². The minimum atomic E-state index is -0.256. The van der Waals surface area contributed by atoms with Crippen molar-refractivity contribution in [1.29, 1.82) is 0 Å². The lowest BCUT2D eigenvalue weighted by Gasteiger charge is -1.99. The van der Waals surface area contributed by atoms with Gasteiger partial charge in [0, 0.05) is 6.92 Å². The zero-order chi connectivity index (χ0) is 12.1. The summed E-state index contributed by atoms with van der Waals surface area (Å²) >= 11 is 0. The van der Waals surface area contributed by atoms with Gasteiger partial charge in [0.15, 0.2) is 0 Å². The Morgan fingerprint density at radius 3 is 2.71 bits per heavy atom. The largest absolute Gasteiger partial charge is 0.462 e. The number of carbonyl (C=O) groups excluding carboxylic acids is 1. The molecule has 0 aromatic heterocycles. The molecule has 0 atom stereocenters. The highest BCUT2D eigenvalue weighted by molar-refractivity contribution is 5.84. The van der Waals surface area contributed by atoms with Crippen molar-refractivity contribution in [3.63, 3.8) is 0 Å². The quantitative estimate of drug-likeness (QED) is 0.749. The van der Waals surface area contributed by atoms with Crippen LogP contribution in [0.3, 0.4) is 0 Å². The lowest BCUT2D eigenvalue weighted by atomic mass is 10.1. The van der Waals surface area contributed by atoms with E-state index in [1.54, 1.807) is 0 Å². The molecule has 2 rings (SSSR count). The van der Waals surface area contributed by atoms with Crippen LogP contribution in [0.4, 0.5) is 0 Å². The van der Waals surface area contributed by atoms with E-state index in [1.807, 2.05) is 30.4 Å². The number of hydrogen-bond donors (Lipinski definition) is 0. The van der Waals surface area contributed by atoms with Crippen LogP contribution < -0.4 is 0 Å². The molecule has 0 spiro atoms. The predicted octanol–water partition coefficient (Wildman–Crippen LogP) is 3.42. The van der Waals surface area contributed by atoms with Crippen molar-refractivity contribution in [2.45, 2.75) is 6.92 Å². The van der Waals surface area contributed by atoms with E-state index in [1.165, 1.54) is 17.7 Å². The van der Waals surface area contributed by atoms with Gasteiger partial charge in [-0.15, -0.1) is 0 Å². The molecular formula is C15H14O2. The van der Waals surface area contributed by atoms with E-state index in [0.29, 0.717) is 6.61 Å². The number of benzene rings is 2. The van der Waals surface area contributed by atoms with E-state index in [4.69, 9.17) is 4.74 Å². The fraction of sp³-hybridized carbons (Fsp3) is 0.133. The Morgan fingerprint density at radius 2 is 1.94 bits per heavy atom. The first-order valence-corrected chi connectivity index (χ1v) is 5.54. The first-order valence-electron chi connectivity index (χ1n) is 5.54. The van der Waals surface area contributed by atoms with E-state index in [2.05, 4.69) is 24.3 Å². The van der Waals surface area contributed by atoms with Crippen LogP contribution in [-0.4, -0.2) is 12.6 Å². The molecule has 0 N–H and O–H groups in total. The Morgan fingerprint density at radius 1 is 1.18 bits per heavy atom. The third-order valence-corrected chi connectivity index (χ3v) is 2.47. The molecule has 0 unspecified atom stereocenters. The summed E-state index contributed by atoms with van der Waals surface area (Å²) in [5.74, 6) is -0.256. The van der Waals surface area contributed by atoms with Crippen molar-refractivity contribution in [3.05, 3.63) is 54.1 Å². The summed E-state index contributed by atoms with van der Waals surface area (Å²) in [6, 6.07) is 14.5. The maximum Gasteiger partial charge on any atom is 0.302 e. The topological polar surface area (TPSA) is 26.3 Å². The molecule has 0 aliphatic heterocycles. The van der Waals surface area contributed by atoms with E-state index in [-0.39, 0.29) is 5.97 Å². The zero-order valence-electron chi connectivity index (χ0n) is 9.72. The number of esters is 1. The van der Waals surface area contributed by atoms with Gasteiger partial charge in [-0.1, -0.05) is 42.5 Å². The first-order chi connectivity index (χ1) is 8.25. The van der Waals surface area contributed by atoms with Crippen molar-refractivity contribution in [2.24, 2.45) is 0 Å². The Labute approximate surface area is 101 Å². The first kappa shape index (κ1) is 11.4. The lowest BCUT2D eigenvalue weighted by Crippen LogP contribution is -1.97. The van der Waals surface area contributed by atoms with Crippen molar-refractivity contribution in [2.75, 3.05) is 6.61 Å². The average molecular weight is 226 g/mol. The molecule has 17 heavy (non-hydrogen) atoms. The molecule has 0 saturated heterocycles. The molecule has 2 aromatic rings. The molecule has 0 fully saturated rings. The summed E-state index contributed by atoms with van der Waals surface area (Å²) in [7, 11) is 0. The molecule has 2 nitrogen and oxygen atoms in total. The Balaban J connectivity index is 2.11. The highest BCUT2D eigenvalue weighted by atomic mass is 16.5. The van der Waals surface area contributed by atoms with Gasteiger partial charge in [0.25, 0.3) is 0 Å². The zero-order valence-corrected chi connectivity index (χ0v) is 9.72. The van der Waals surface area contributed by atoms with Crippen molar-refractivity contribution in [3.8, 4) is 0 Å². The molecule has 86 valence electrons. The summed E-state index contributed by atoms with van der Waals surface area (Å²) in [5.41, 5.74) is 1.11. The van der Waals surface area contributed by atoms with Crippen LogP contribution >= 0.6 is 0 Å². The van der Waals surface area contributed by atoms with Gasteiger partial charge in [-0.25, -0.2) is 0 Å². The third kappa shape index (κ3) is 3.18. The van der Waals surface area contributed by atoms with Gasteiger partial charge in [0.2, 0.25) is 0 Å². The molecule has 0 radical (unpaired) electrons. The van der Waals surface area contributed by atoms with Gasteiger partial charge < -0.3 is 4.74 Å². The molecule has 0 heterocycles. The SMILES string of the molecule is CC(=O)OC/C=C/c1ccc2ccccc2c1. The fourth-order valence-electron chi connectivity index (χ4n) is 1.66. The monoisotopic (exact) mass is 226 g/mol. The smallest absolute Gasteiger partial charge is 0.302 e. The van der Waals surface area contributed by atoms with Crippen LogP contribution in [0.25, 0.3) is 16.8 Å². The Kier molecular flexibility index (Phi) is 3.55. The lowest BCUT2D eigenvalue weighted by molar-refractivity contribution is -0.139. The maximum atomic E-state index is 10.6. The highest BCUT2D eigenvalue weighted by Gasteiger charge is 1.93. The second-order valence-corrected chi connectivity index (χ2v) is 3.81. The van der Waals surface area contributed by atoms with Gasteiger partial charge >= 0.3 is 5.97 Å². The predicted molar refractivity (Wildman–Crippen MR) is 69.6 cm³/mol. The van der Waals surface area contributed by atoms with Crippen LogP contribution in [-0.2, 0) is 9.53 Å². The van der Waals surface area contributed by atoms with Crippen molar-refractivity contribution < 1.29 is 9.53 Å². The van der Waals surface area contributed by atoms with Crippen LogP contribution in [0.15, 0.2) is 48.5 Å². The summed E-state index contributed by atoms with van der Waals surface area (Å²) in [6.07, 6.45) is 3.79. The number of ether oxygens (including phenoxy) is 1. The van der Waals surface area contributed by atoms with Gasteiger partial charge in [-0.3, -0.25) is 4.79 Å². The minimum Gasteiger partial charge on any atom is -0.462 e. The van der Waals surface area contributed by atoms with Gasteiger partial charge in [0.05, 0.1) is 0 Å². The Hall–Kier alpha value is -2.09. The summed E-state index contributed by atoms with van der Waals surface area (Å²) in [6.45, 7) is 1.73. The van der Waals surface area contributed by atoms with E-state index in [0.717, 1.165) is 5.56 Å². The molecule has 0 aliphatic carbocycles. The second-order valence-electron chi connectivity index (χ2n) is 3.81. The normalized spacial score (nSPS) is 10.9. The molecule has 0 aliphatic rings. The second kappa shape index (κ2) is 5.30. The number of hydrogen-bond acceptors (Lipinski definition) is 2. The third-order valence-electron chi connectivity index (χ3n) is 2.47. The van der Waals surface area contributed by atoms with Crippen molar-refractivity contribution >= 4 is 22.8 Å². The standard InChI is InChI=1S/C15H14O2/c1-12(16)17-10-4-5-13-8-9-14-6-2-3-7-15(14)11-13/h2-9,11H,10H2,1H3/b5-4+. The maximum absolute atomic E-state index is 10.6. The summed E-state index contributed by atoms with van der Waals surface area (Å²) in [5, 5.41) is 2.44. The van der Waals surface area contributed by atoms with E-state index < -0.39 is 0 Å². The van der Waals surface area contributed by atoms with E-state index in [9.17, 15) is 4.79 Å². The number of carbonyl (C=O) groups is 1. The number of fused-ring (bicyclic) bond motifs is 1. The highest BCUT2D eigenvalue weighted by Crippen LogP contribution is 2.16. The van der Waals surface area contributed by atoms with Gasteiger partial charge in [-0.2, -0.15) is 0 Å². The fourth-order valence-corrected chi connectivity index (χ4v) is 1.66. The summed E-state index contributed by atoms with van der Waals surface area (Å²) < 4.78 is 4.83. The van der Waals surface area contributed by atoms with E-state index >= 15 is 0 Å². The average Bonchev–Trinajstić information content (AvgIpc) is 2.34. The molecule has 0 bridgehead atoms. The van der Waals surface area contributed by atoms with Crippen molar-refractivity contribution in [1.82, 2.24) is 0 Å². The Bertz CT molecular complexity index is 556. The van der Waals surface area contributed by atoms with Crippen LogP contribution in [0.1, 0.15) is 12.5 Å². The minimum absolute atomic E-state index is 0.256. The van der Waals surface area contributed by atoms with Crippen LogP contribution in [0.2, 0.25) is 0 Å². The molecular weight excluding hydrogens is 212 g/mol. The summed E-state index contributed by atoms with van der Waals surface area (Å²) in [4.78, 5) is 10.6. The molecule has 2 aromatic carbocycles. The van der Waals surface area contributed by atoms with Gasteiger partial charge in [0.1, 0.15) is 6.61 Å².